The molecular weight excluding hydrogens is 304 g/mol. The molecule has 0 radical (unpaired) electrons. The van der Waals surface area contributed by atoms with Crippen LogP contribution in [0.25, 0.3) is 0 Å². The van der Waals surface area contributed by atoms with Crippen molar-refractivity contribution in [3.8, 4) is 0 Å². The molecular formula is C10H5Cl2F3N4. The third kappa shape index (κ3) is 3.45. The molecule has 19 heavy (non-hydrogen) atoms. The molecule has 0 aliphatic rings. The lowest BCUT2D eigenvalue weighted by Crippen LogP contribution is -2.05. The van der Waals surface area contributed by atoms with Crippen LogP contribution in [0.5, 0.6) is 0 Å². The summed E-state index contributed by atoms with van der Waals surface area (Å²) in [6.45, 7) is 0. The summed E-state index contributed by atoms with van der Waals surface area (Å²) in [5, 5.41) is 9.20. The molecule has 0 spiro atoms. The van der Waals surface area contributed by atoms with Crippen LogP contribution in [0.15, 0.2) is 24.3 Å². The van der Waals surface area contributed by atoms with Crippen LogP contribution >= 0.6 is 23.2 Å². The Hall–Kier alpha value is -1.60. The Morgan fingerprint density at radius 2 is 1.84 bits per heavy atom. The number of anilines is 2. The quantitative estimate of drug-likeness (QED) is 0.913. The minimum atomic E-state index is -4.43. The van der Waals surface area contributed by atoms with Crippen LogP contribution in [0.1, 0.15) is 5.56 Å². The van der Waals surface area contributed by atoms with Crippen LogP contribution in [0, 0.1) is 0 Å². The number of halogens is 5. The average molecular weight is 309 g/mol. The molecule has 0 fully saturated rings. The van der Waals surface area contributed by atoms with Crippen molar-refractivity contribution in [2.45, 2.75) is 6.18 Å². The first-order valence-corrected chi connectivity index (χ1v) is 5.62. The number of benzene rings is 1. The zero-order valence-corrected chi connectivity index (χ0v) is 10.6. The molecule has 0 saturated carbocycles. The second-order valence-corrected chi connectivity index (χ2v) is 4.12. The van der Waals surface area contributed by atoms with Crippen LogP contribution in [-0.4, -0.2) is 15.2 Å². The second-order valence-electron chi connectivity index (χ2n) is 3.42. The smallest absolute Gasteiger partial charge is 0.337 e. The van der Waals surface area contributed by atoms with Crippen molar-refractivity contribution in [2.24, 2.45) is 0 Å². The maximum atomic E-state index is 12.5. The Labute approximate surface area is 115 Å². The van der Waals surface area contributed by atoms with Crippen LogP contribution in [0.2, 0.25) is 10.4 Å². The summed E-state index contributed by atoms with van der Waals surface area (Å²) in [5.74, 6) is 0.0287. The first-order chi connectivity index (χ1) is 8.86. The van der Waals surface area contributed by atoms with Crippen molar-refractivity contribution < 1.29 is 13.2 Å². The average Bonchev–Trinajstić information content (AvgIpc) is 2.33. The number of nitrogens with zero attached hydrogens (tertiary/aromatic N) is 3. The van der Waals surface area contributed by atoms with E-state index in [2.05, 4.69) is 20.5 Å². The Kier molecular flexibility index (Phi) is 3.77. The van der Waals surface area contributed by atoms with Gasteiger partial charge in [-0.15, -0.1) is 10.2 Å². The van der Waals surface area contributed by atoms with Gasteiger partial charge in [-0.1, -0.05) is 17.7 Å². The number of alkyl halides is 3. The molecule has 0 unspecified atom stereocenters. The van der Waals surface area contributed by atoms with E-state index < -0.39 is 11.7 Å². The normalized spacial score (nSPS) is 11.4. The summed E-state index contributed by atoms with van der Waals surface area (Å²) in [5.41, 5.74) is -0.630. The highest BCUT2D eigenvalue weighted by molar-refractivity contribution is 6.32. The van der Waals surface area contributed by atoms with Gasteiger partial charge >= 0.3 is 6.18 Å². The van der Waals surface area contributed by atoms with Crippen LogP contribution in [-0.2, 0) is 6.18 Å². The van der Waals surface area contributed by atoms with E-state index in [0.717, 1.165) is 12.1 Å². The summed E-state index contributed by atoms with van der Waals surface area (Å²) in [7, 11) is 0. The van der Waals surface area contributed by atoms with Crippen molar-refractivity contribution in [3.05, 3.63) is 40.3 Å². The van der Waals surface area contributed by atoms with E-state index in [1.807, 2.05) is 0 Å². The largest absolute Gasteiger partial charge is 0.416 e. The van der Waals surface area contributed by atoms with Gasteiger partial charge in [-0.2, -0.15) is 18.2 Å². The van der Waals surface area contributed by atoms with E-state index in [0.29, 0.717) is 0 Å². The van der Waals surface area contributed by atoms with E-state index >= 15 is 0 Å². The maximum Gasteiger partial charge on any atom is 0.416 e. The Morgan fingerprint density at radius 1 is 1.11 bits per heavy atom. The van der Waals surface area contributed by atoms with Crippen LogP contribution < -0.4 is 5.32 Å². The number of aromatic nitrogens is 3. The summed E-state index contributed by atoms with van der Waals surface area (Å²) in [4.78, 5) is 3.73. The maximum absolute atomic E-state index is 12.5. The fraction of sp³-hybridized carbons (Fsp3) is 0.100. The van der Waals surface area contributed by atoms with E-state index in [9.17, 15) is 13.2 Å². The van der Waals surface area contributed by atoms with Crippen LogP contribution in [0.3, 0.4) is 0 Å². The van der Waals surface area contributed by atoms with Crippen molar-refractivity contribution in [2.75, 3.05) is 5.32 Å². The fourth-order valence-electron chi connectivity index (χ4n) is 1.28. The lowest BCUT2D eigenvalue weighted by molar-refractivity contribution is -0.137. The highest BCUT2D eigenvalue weighted by Crippen LogP contribution is 2.31. The molecule has 1 aromatic carbocycles. The van der Waals surface area contributed by atoms with Gasteiger partial charge in [-0.25, -0.2) is 0 Å². The second kappa shape index (κ2) is 5.18. The molecule has 0 aliphatic heterocycles. The molecule has 1 N–H and O–H groups in total. The summed E-state index contributed by atoms with van der Waals surface area (Å²) >= 11 is 11.2. The van der Waals surface area contributed by atoms with E-state index in [1.165, 1.54) is 12.1 Å². The van der Waals surface area contributed by atoms with Gasteiger partial charge in [0.15, 0.2) is 11.0 Å². The van der Waals surface area contributed by atoms with Gasteiger partial charge in [0.05, 0.1) is 5.56 Å². The van der Waals surface area contributed by atoms with Gasteiger partial charge in [0.2, 0.25) is 5.28 Å². The van der Waals surface area contributed by atoms with Crippen molar-refractivity contribution in [1.29, 1.82) is 0 Å². The molecule has 1 heterocycles. The molecule has 9 heteroatoms. The molecule has 2 rings (SSSR count). The molecule has 0 atom stereocenters. The van der Waals surface area contributed by atoms with Gasteiger partial charge in [0.25, 0.3) is 0 Å². The lowest BCUT2D eigenvalue weighted by atomic mass is 10.2. The third-order valence-electron chi connectivity index (χ3n) is 2.07. The van der Waals surface area contributed by atoms with Crippen molar-refractivity contribution in [3.63, 3.8) is 0 Å². The number of rotatable bonds is 2. The zero-order valence-electron chi connectivity index (χ0n) is 9.04. The summed E-state index contributed by atoms with van der Waals surface area (Å²) in [6, 6.07) is 4.57. The first-order valence-electron chi connectivity index (χ1n) is 4.86. The minimum absolute atomic E-state index is 0.0287. The Balaban J connectivity index is 2.31. The zero-order chi connectivity index (χ0) is 14.0. The molecule has 0 saturated heterocycles. The monoisotopic (exact) mass is 308 g/mol. The molecule has 4 nitrogen and oxygen atoms in total. The van der Waals surface area contributed by atoms with E-state index in [-0.39, 0.29) is 21.9 Å². The predicted octanol–water partition coefficient (Wildman–Crippen LogP) is 3.94. The highest BCUT2D eigenvalue weighted by atomic mass is 35.5. The van der Waals surface area contributed by atoms with Gasteiger partial charge in [0.1, 0.15) is 0 Å². The standard InChI is InChI=1S/C10H5Cl2F3N4/c11-7-8(17-9(12)19-18-7)16-6-3-1-2-5(4-6)10(13,14)15/h1-4H,(H,16,17,19). The summed E-state index contributed by atoms with van der Waals surface area (Å²) in [6.07, 6.45) is -4.43. The van der Waals surface area contributed by atoms with Gasteiger partial charge in [0, 0.05) is 5.69 Å². The molecule has 2 aromatic rings. The first kappa shape index (κ1) is 13.8. The topological polar surface area (TPSA) is 50.7 Å². The van der Waals surface area contributed by atoms with Crippen molar-refractivity contribution >= 4 is 34.7 Å². The molecule has 0 amide bonds. The van der Waals surface area contributed by atoms with Crippen LogP contribution in [0.4, 0.5) is 24.7 Å². The Bertz CT molecular complexity index is 604. The van der Waals surface area contributed by atoms with E-state index in [1.54, 1.807) is 0 Å². The third-order valence-corrected chi connectivity index (χ3v) is 2.49. The molecule has 100 valence electrons. The fourth-order valence-corrected chi connectivity index (χ4v) is 1.53. The van der Waals surface area contributed by atoms with Gasteiger partial charge in [-0.3, -0.25) is 0 Å². The van der Waals surface area contributed by atoms with Gasteiger partial charge < -0.3 is 5.32 Å². The highest BCUT2D eigenvalue weighted by Gasteiger charge is 2.30. The summed E-state index contributed by atoms with van der Waals surface area (Å²) < 4.78 is 37.6. The SMILES string of the molecule is FC(F)(F)c1cccc(Nc2nc(Cl)nnc2Cl)c1. The number of nitrogens with one attached hydrogen (secondary N) is 1. The Morgan fingerprint density at radius 3 is 2.53 bits per heavy atom. The van der Waals surface area contributed by atoms with Crippen molar-refractivity contribution in [1.82, 2.24) is 15.2 Å². The molecule has 0 bridgehead atoms. The minimum Gasteiger partial charge on any atom is -0.337 e. The number of hydrogen-bond donors (Lipinski definition) is 1. The van der Waals surface area contributed by atoms with Gasteiger partial charge in [-0.05, 0) is 29.8 Å². The predicted molar refractivity (Wildman–Crippen MR) is 64.6 cm³/mol. The van der Waals surface area contributed by atoms with E-state index in [4.69, 9.17) is 23.2 Å². The number of hydrogen-bond acceptors (Lipinski definition) is 4. The lowest BCUT2D eigenvalue weighted by Gasteiger charge is -2.10. The molecule has 0 aliphatic carbocycles. The molecule has 1 aromatic heterocycles.